The highest BCUT2D eigenvalue weighted by molar-refractivity contribution is 7.11. The zero-order valence-electron chi connectivity index (χ0n) is 11.6. The quantitative estimate of drug-likeness (QED) is 0.605. The second-order valence-corrected chi connectivity index (χ2v) is 5.97. The van der Waals surface area contributed by atoms with Gasteiger partial charge < -0.3 is 21.5 Å². The summed E-state index contributed by atoms with van der Waals surface area (Å²) in [5, 5.41) is 15.3. The first kappa shape index (κ1) is 15.7. The summed E-state index contributed by atoms with van der Waals surface area (Å²) in [7, 11) is 1.56. The lowest BCUT2D eigenvalue weighted by Crippen LogP contribution is -2.25. The van der Waals surface area contributed by atoms with E-state index in [0.29, 0.717) is 17.1 Å². The number of carbonyl (C=O) groups is 1. The van der Waals surface area contributed by atoms with E-state index < -0.39 is 0 Å². The first-order valence-corrected chi connectivity index (χ1v) is 7.00. The van der Waals surface area contributed by atoms with E-state index in [-0.39, 0.29) is 23.7 Å². The summed E-state index contributed by atoms with van der Waals surface area (Å²) in [5.41, 5.74) is 6.14. The van der Waals surface area contributed by atoms with Crippen molar-refractivity contribution in [1.29, 1.82) is 0 Å². The first-order valence-electron chi connectivity index (χ1n) is 6.23. The topological polar surface area (TPSA) is 100 Å². The predicted molar refractivity (Wildman–Crippen MR) is 78.5 cm³/mol. The van der Waals surface area contributed by atoms with E-state index in [1.165, 1.54) is 11.5 Å². The molecular weight excluding hydrogens is 264 g/mol. The number of hydrogen-bond donors (Lipinski definition) is 4. The Hall–Kier alpha value is -1.34. The van der Waals surface area contributed by atoms with Crippen molar-refractivity contribution in [2.45, 2.75) is 26.7 Å². The number of anilines is 2. The molecule has 1 aromatic rings. The molecule has 1 rings (SSSR count). The van der Waals surface area contributed by atoms with E-state index in [2.05, 4.69) is 28.9 Å². The summed E-state index contributed by atoms with van der Waals surface area (Å²) in [5.74, 6) is 0.0157. The fourth-order valence-electron chi connectivity index (χ4n) is 1.73. The molecule has 7 heteroatoms. The average Bonchev–Trinajstić information content (AvgIpc) is 2.74. The summed E-state index contributed by atoms with van der Waals surface area (Å²) in [6, 6.07) is 0. The normalized spacial score (nSPS) is 11.4. The number of nitrogens with two attached hydrogens (primary N) is 1. The van der Waals surface area contributed by atoms with Crippen LogP contribution in [0, 0.1) is 5.41 Å². The number of nitrogens with zero attached hydrogens (tertiary/aromatic N) is 1. The lowest BCUT2D eigenvalue weighted by Gasteiger charge is -2.24. The molecule has 108 valence electrons. The van der Waals surface area contributed by atoms with Gasteiger partial charge in [0.2, 0.25) is 0 Å². The largest absolute Gasteiger partial charge is 0.396 e. The monoisotopic (exact) mass is 286 g/mol. The smallest absolute Gasteiger partial charge is 0.257 e. The Morgan fingerprint density at radius 1 is 1.53 bits per heavy atom. The second kappa shape index (κ2) is 6.72. The third-order valence-electron chi connectivity index (χ3n) is 2.91. The van der Waals surface area contributed by atoms with Crippen LogP contribution in [0.3, 0.4) is 0 Å². The summed E-state index contributed by atoms with van der Waals surface area (Å²) in [4.78, 5) is 11.7. The zero-order valence-corrected chi connectivity index (χ0v) is 12.4. The molecular formula is C12H22N4O2S. The molecule has 0 saturated heterocycles. The molecule has 5 N–H and O–H groups in total. The van der Waals surface area contributed by atoms with Gasteiger partial charge in [0.05, 0.1) is 0 Å². The number of aromatic nitrogens is 1. The van der Waals surface area contributed by atoms with Crippen LogP contribution in [0.5, 0.6) is 0 Å². The van der Waals surface area contributed by atoms with Crippen LogP contribution in [0.1, 0.15) is 37.0 Å². The number of amides is 1. The Kier molecular flexibility index (Phi) is 5.56. The highest BCUT2D eigenvalue weighted by Crippen LogP contribution is 2.29. The molecule has 1 aromatic heterocycles. The number of nitrogen functional groups attached to an aromatic ring is 1. The van der Waals surface area contributed by atoms with Crippen molar-refractivity contribution < 1.29 is 9.90 Å². The van der Waals surface area contributed by atoms with Crippen molar-refractivity contribution in [2.24, 2.45) is 5.41 Å². The standard InChI is InChI=1S/C12H22N4O2S/c1-12(2,5-4-6-17)7-15-11-8(10(18)14-3)9(13)16-19-11/h15,17H,4-7H2,1-3H3,(H2,13,16)(H,14,18). The Labute approximate surface area is 117 Å². The van der Waals surface area contributed by atoms with Gasteiger partial charge in [-0.1, -0.05) is 13.8 Å². The first-order chi connectivity index (χ1) is 8.91. The van der Waals surface area contributed by atoms with Gasteiger partial charge in [-0.2, -0.15) is 4.37 Å². The van der Waals surface area contributed by atoms with Crippen molar-refractivity contribution in [3.8, 4) is 0 Å². The van der Waals surface area contributed by atoms with E-state index in [0.717, 1.165) is 12.8 Å². The Bertz CT molecular complexity index is 431. The molecule has 0 radical (unpaired) electrons. The third-order valence-corrected chi connectivity index (χ3v) is 3.73. The molecule has 6 nitrogen and oxygen atoms in total. The zero-order chi connectivity index (χ0) is 14.5. The number of carbonyl (C=O) groups excluding carboxylic acids is 1. The summed E-state index contributed by atoms with van der Waals surface area (Å²) < 4.78 is 4.00. The molecule has 0 aliphatic rings. The highest BCUT2D eigenvalue weighted by Gasteiger charge is 2.22. The van der Waals surface area contributed by atoms with Gasteiger partial charge in [-0.15, -0.1) is 0 Å². The number of nitrogens with one attached hydrogen (secondary N) is 2. The molecule has 0 spiro atoms. The van der Waals surface area contributed by atoms with Gasteiger partial charge in [-0.25, -0.2) is 0 Å². The van der Waals surface area contributed by atoms with Gasteiger partial charge in [-0.3, -0.25) is 4.79 Å². The second-order valence-electron chi connectivity index (χ2n) is 5.20. The SMILES string of the molecule is CNC(=O)c1c(N)nsc1NCC(C)(C)CCCO. The van der Waals surface area contributed by atoms with Crippen LogP contribution in [0.2, 0.25) is 0 Å². The molecule has 0 aliphatic carbocycles. The molecule has 0 bridgehead atoms. The number of aliphatic hydroxyl groups is 1. The minimum absolute atomic E-state index is 0.0292. The van der Waals surface area contributed by atoms with Crippen LogP contribution in [0.15, 0.2) is 0 Å². The van der Waals surface area contributed by atoms with Crippen LogP contribution in [0.25, 0.3) is 0 Å². The maximum Gasteiger partial charge on any atom is 0.257 e. The lowest BCUT2D eigenvalue weighted by molar-refractivity contribution is 0.0965. The lowest BCUT2D eigenvalue weighted by atomic mass is 9.88. The molecule has 0 fully saturated rings. The highest BCUT2D eigenvalue weighted by atomic mass is 32.1. The fourth-order valence-corrected chi connectivity index (χ4v) is 2.44. The van der Waals surface area contributed by atoms with Crippen molar-refractivity contribution >= 4 is 28.3 Å². The minimum atomic E-state index is -0.234. The van der Waals surface area contributed by atoms with Gasteiger partial charge in [0, 0.05) is 20.2 Å². The van der Waals surface area contributed by atoms with Crippen LogP contribution in [-0.4, -0.2) is 35.6 Å². The van der Waals surface area contributed by atoms with Gasteiger partial charge in [0.25, 0.3) is 5.91 Å². The Morgan fingerprint density at radius 3 is 2.79 bits per heavy atom. The molecule has 0 unspecified atom stereocenters. The Balaban J connectivity index is 2.70. The van der Waals surface area contributed by atoms with Crippen LogP contribution >= 0.6 is 11.5 Å². The van der Waals surface area contributed by atoms with Crippen molar-refractivity contribution in [3.05, 3.63) is 5.56 Å². The van der Waals surface area contributed by atoms with Gasteiger partial charge in [0.15, 0.2) is 5.82 Å². The van der Waals surface area contributed by atoms with Crippen molar-refractivity contribution in [2.75, 3.05) is 31.2 Å². The molecule has 1 heterocycles. The van der Waals surface area contributed by atoms with Gasteiger partial charge >= 0.3 is 0 Å². The summed E-state index contributed by atoms with van der Waals surface area (Å²) in [6.07, 6.45) is 1.67. The van der Waals surface area contributed by atoms with E-state index in [9.17, 15) is 4.79 Å². The molecule has 0 aliphatic heterocycles. The Morgan fingerprint density at radius 2 is 2.21 bits per heavy atom. The van der Waals surface area contributed by atoms with E-state index in [4.69, 9.17) is 10.8 Å². The maximum absolute atomic E-state index is 11.7. The maximum atomic E-state index is 11.7. The summed E-state index contributed by atoms with van der Waals surface area (Å²) >= 11 is 1.19. The molecule has 1 amide bonds. The third kappa shape index (κ3) is 4.36. The van der Waals surface area contributed by atoms with Crippen LogP contribution in [-0.2, 0) is 0 Å². The molecule has 0 aromatic carbocycles. The van der Waals surface area contributed by atoms with Gasteiger partial charge in [0.1, 0.15) is 10.6 Å². The minimum Gasteiger partial charge on any atom is -0.396 e. The molecule has 0 atom stereocenters. The van der Waals surface area contributed by atoms with Crippen molar-refractivity contribution in [1.82, 2.24) is 9.69 Å². The number of aliphatic hydroxyl groups excluding tert-OH is 1. The van der Waals surface area contributed by atoms with E-state index in [1.807, 2.05) is 0 Å². The molecule has 0 saturated carbocycles. The fraction of sp³-hybridized carbons (Fsp3) is 0.667. The number of hydrogen-bond acceptors (Lipinski definition) is 6. The average molecular weight is 286 g/mol. The van der Waals surface area contributed by atoms with E-state index >= 15 is 0 Å². The van der Waals surface area contributed by atoms with E-state index in [1.54, 1.807) is 7.05 Å². The van der Waals surface area contributed by atoms with Crippen molar-refractivity contribution in [3.63, 3.8) is 0 Å². The van der Waals surface area contributed by atoms with Crippen LogP contribution in [0.4, 0.5) is 10.8 Å². The molecule has 19 heavy (non-hydrogen) atoms. The summed E-state index contributed by atoms with van der Waals surface area (Å²) in [6.45, 7) is 5.11. The number of rotatable bonds is 7. The predicted octanol–water partition coefficient (Wildman–Crippen LogP) is 1.30. The van der Waals surface area contributed by atoms with Crippen LogP contribution < -0.4 is 16.4 Å². The van der Waals surface area contributed by atoms with Gasteiger partial charge in [-0.05, 0) is 29.8 Å².